The van der Waals surface area contributed by atoms with Gasteiger partial charge in [-0.2, -0.15) is 0 Å². The summed E-state index contributed by atoms with van der Waals surface area (Å²) in [7, 11) is 1.15. The number of benzene rings is 7. The summed E-state index contributed by atoms with van der Waals surface area (Å²) in [5.74, 6) is -14.7. The van der Waals surface area contributed by atoms with Gasteiger partial charge >= 0.3 is 11.9 Å². The summed E-state index contributed by atoms with van der Waals surface area (Å²) in [4.78, 5) is 131. The lowest BCUT2D eigenvalue weighted by Gasteiger charge is -2.31. The lowest BCUT2D eigenvalue weighted by molar-refractivity contribution is -0.148. The van der Waals surface area contributed by atoms with E-state index in [9.17, 15) is 49.8 Å². The fraction of sp³-hybridized carbons (Fsp3) is 0.239. The highest BCUT2D eigenvalue weighted by Crippen LogP contribution is 2.49. The highest BCUT2D eigenvalue weighted by Gasteiger charge is 2.42. The Labute approximate surface area is 584 Å². The van der Waals surface area contributed by atoms with Crippen LogP contribution in [0.15, 0.2) is 115 Å². The molecule has 6 aliphatic rings. The molecule has 6 heterocycles. The zero-order valence-corrected chi connectivity index (χ0v) is 55.2. The van der Waals surface area contributed by atoms with Crippen LogP contribution in [0.5, 0.6) is 69.0 Å². The van der Waals surface area contributed by atoms with E-state index >= 15 is 24.0 Å². The van der Waals surface area contributed by atoms with E-state index in [2.05, 4.69) is 63.2 Å². The number of carbonyl (C=O) groups excluding carboxylic acids is 9. The number of phenols is 5. The van der Waals surface area contributed by atoms with Crippen LogP contribution >= 0.6 is 39.1 Å². The number of rotatable bonds is 11. The number of hydrogen-bond donors (Lipinski definition) is 15. The van der Waals surface area contributed by atoms with Gasteiger partial charge in [-0.15, -0.1) is 0 Å². The number of aliphatic hydroxyl groups excluding tert-OH is 1. The lowest BCUT2D eigenvalue weighted by Crippen LogP contribution is -2.55. The van der Waals surface area contributed by atoms with Crippen molar-refractivity contribution in [1.29, 1.82) is 0 Å². The monoisotopic (exact) mass is 1480 g/mol. The molecule has 16 N–H and O–H groups in total. The number of aromatic hydroxyl groups is 5. The van der Waals surface area contributed by atoms with E-state index < -0.39 is 143 Å². The van der Waals surface area contributed by atoms with Crippen LogP contribution in [-0.4, -0.2) is 141 Å². The molecule has 30 nitrogen and oxygen atoms in total. The van der Waals surface area contributed by atoms with Crippen LogP contribution in [0, 0.1) is 0 Å². The van der Waals surface area contributed by atoms with Crippen molar-refractivity contribution in [3.05, 3.63) is 164 Å². The minimum absolute atomic E-state index is 0.0959. The first-order chi connectivity index (χ1) is 47.8. The molecular weight excluding hydrogens is 1420 g/mol. The molecule has 0 spiro atoms. The number of aliphatic hydroxyl groups is 1. The summed E-state index contributed by atoms with van der Waals surface area (Å²) in [6.45, 7) is -1.47. The molecule has 7 aromatic carbocycles. The molecule has 100 heavy (non-hydrogen) atoms. The minimum Gasteiger partial charge on any atom is -0.508 e. The van der Waals surface area contributed by atoms with E-state index in [0.717, 1.165) is 55.6 Å². The summed E-state index contributed by atoms with van der Waals surface area (Å²) in [6.07, 6.45) is -2.51. The molecule has 17 bridgehead atoms. The van der Waals surface area contributed by atoms with E-state index in [0.29, 0.717) is 5.56 Å². The number of esters is 2. The number of ether oxygens (including phenoxy) is 6. The number of carbonyl (C=O) groups is 9. The van der Waals surface area contributed by atoms with Crippen LogP contribution in [0.25, 0.3) is 11.1 Å². The van der Waals surface area contributed by atoms with Gasteiger partial charge in [0.1, 0.15) is 102 Å². The molecule has 0 fully saturated rings. The standard InChI is InChI=1S/C67H60BrCl2N9O21/c1-95-51(86)27-73-50(85)26-72-11-13-96-60-48-21-33-22-49(60)100-46-9-5-31(19-40(46)70)59(87)58-66(93)78-57(67(94)97-12-10-68)38-24-35(81)25-44(84)52(38)37-18-30(4-6-42(37)82)54(63(90)79-58)76-65(92)56(33)77-64(91)55-32-16-34(80)23-36(17-32)98-47-20-29(3-7-43(47)83)53(71)62(89)74-41(61(88)75-55)15-28-2-8-45(99-48)39(69)14-28/h2-9,14,16-25,41,53-59,72,80-84,87H,10-13,15,26-27,71H2,1H3,(H,73,85)(H,74,89)(H,75,88)(H,76,92)(H,77,91)(H,78,93)(H,79,90)/t41-,53+,54-,55+,56-,57+,58+,59-/m1/s1. The van der Waals surface area contributed by atoms with E-state index in [1.54, 1.807) is 0 Å². The van der Waals surface area contributed by atoms with Crippen molar-refractivity contribution in [1.82, 2.24) is 42.5 Å². The van der Waals surface area contributed by atoms with Gasteiger partial charge in [0.15, 0.2) is 29.0 Å². The summed E-state index contributed by atoms with van der Waals surface area (Å²) in [5, 5.41) is 89.7. The first kappa shape index (κ1) is 70.2. The number of nitrogens with two attached hydrogens (primary N) is 1. The van der Waals surface area contributed by atoms with Crippen molar-refractivity contribution in [3.63, 3.8) is 0 Å². The third-order valence-corrected chi connectivity index (χ3v) is 17.1. The van der Waals surface area contributed by atoms with Crippen LogP contribution < -0.4 is 67.2 Å². The van der Waals surface area contributed by atoms with Crippen LogP contribution in [0.4, 0.5) is 0 Å². The molecule has 0 unspecified atom stereocenters. The molecule has 520 valence electrons. The maximum absolute atomic E-state index is 16.1. The molecule has 7 amide bonds. The third kappa shape index (κ3) is 15.4. The predicted molar refractivity (Wildman–Crippen MR) is 354 cm³/mol. The smallest absolute Gasteiger partial charge is 0.333 e. The van der Waals surface area contributed by atoms with Crippen molar-refractivity contribution in [2.45, 2.75) is 54.8 Å². The molecule has 13 rings (SSSR count). The zero-order chi connectivity index (χ0) is 71.4. The number of methoxy groups -OCH3 is 1. The van der Waals surface area contributed by atoms with E-state index in [-0.39, 0.29) is 127 Å². The fourth-order valence-corrected chi connectivity index (χ4v) is 11.9. The van der Waals surface area contributed by atoms with Gasteiger partial charge in [-0.25, -0.2) is 4.79 Å². The van der Waals surface area contributed by atoms with Gasteiger partial charge in [-0.05, 0) is 112 Å². The van der Waals surface area contributed by atoms with Gasteiger partial charge in [-0.3, -0.25) is 38.4 Å². The molecule has 6 aliphatic heterocycles. The van der Waals surface area contributed by atoms with E-state index in [1.165, 1.54) is 66.7 Å². The molecule has 0 saturated carbocycles. The van der Waals surface area contributed by atoms with Crippen molar-refractivity contribution < 1.29 is 102 Å². The molecule has 0 aromatic heterocycles. The molecular formula is C67H60BrCl2N9O21. The first-order valence-corrected chi connectivity index (χ1v) is 32.2. The number of amides is 7. The number of halogens is 3. The zero-order valence-electron chi connectivity index (χ0n) is 52.1. The Morgan fingerprint density at radius 3 is 1.90 bits per heavy atom. The fourth-order valence-electron chi connectivity index (χ4n) is 11.3. The first-order valence-electron chi connectivity index (χ1n) is 30.4. The normalized spacial score (nSPS) is 20.3. The maximum atomic E-state index is 16.1. The van der Waals surface area contributed by atoms with Crippen molar-refractivity contribution in [2.24, 2.45) is 5.73 Å². The van der Waals surface area contributed by atoms with Crippen molar-refractivity contribution in [2.75, 3.05) is 45.3 Å². The van der Waals surface area contributed by atoms with Gasteiger partial charge in [0.25, 0.3) is 0 Å². The van der Waals surface area contributed by atoms with Crippen molar-refractivity contribution in [3.8, 4) is 80.1 Å². The highest BCUT2D eigenvalue weighted by atomic mass is 79.9. The Hall–Kier alpha value is -11.1. The molecule has 8 atom stereocenters. The van der Waals surface area contributed by atoms with E-state index in [4.69, 9.17) is 52.6 Å². The average Bonchev–Trinajstić information content (AvgIpc) is 0.767. The van der Waals surface area contributed by atoms with Crippen LogP contribution in [0.2, 0.25) is 10.0 Å². The van der Waals surface area contributed by atoms with Gasteiger partial charge in [-0.1, -0.05) is 63.4 Å². The van der Waals surface area contributed by atoms with Gasteiger partial charge in [0.05, 0.1) is 23.7 Å². The number of alkyl halides is 1. The number of fused-ring (bicyclic) bond motifs is 14. The largest absolute Gasteiger partial charge is 0.508 e. The molecule has 33 heteroatoms. The maximum Gasteiger partial charge on any atom is 0.333 e. The van der Waals surface area contributed by atoms with Crippen LogP contribution in [-0.2, 0) is 59.0 Å². The second kappa shape index (κ2) is 29.9. The summed E-state index contributed by atoms with van der Waals surface area (Å²) in [5.41, 5.74) is 4.74. The van der Waals surface area contributed by atoms with Crippen LogP contribution in [0.3, 0.4) is 0 Å². The number of phenolic OH excluding ortho intramolecular Hbond substituents is 5. The van der Waals surface area contributed by atoms with Gasteiger partial charge in [0, 0.05) is 47.1 Å². The Balaban J connectivity index is 1.14. The Kier molecular flexibility index (Phi) is 21.0. The van der Waals surface area contributed by atoms with Gasteiger partial charge < -0.3 is 107 Å². The molecule has 0 saturated heterocycles. The Bertz CT molecular complexity index is 4490. The number of hydrogen-bond acceptors (Lipinski definition) is 23. The molecule has 7 aromatic rings. The van der Waals surface area contributed by atoms with E-state index in [1.807, 2.05) is 0 Å². The average molecular weight is 1480 g/mol. The molecule has 0 radical (unpaired) electrons. The summed E-state index contributed by atoms with van der Waals surface area (Å²) < 4.78 is 35.7. The van der Waals surface area contributed by atoms with Gasteiger partial charge in [0.2, 0.25) is 47.1 Å². The minimum atomic E-state index is -2.20. The summed E-state index contributed by atoms with van der Waals surface area (Å²) >= 11 is 17.3. The quantitative estimate of drug-likeness (QED) is 0.0485. The Morgan fingerprint density at radius 2 is 1.21 bits per heavy atom. The second-order valence-corrected chi connectivity index (χ2v) is 24.6. The second-order valence-electron chi connectivity index (χ2n) is 23.0. The van der Waals surface area contributed by atoms with Crippen LogP contribution in [0.1, 0.15) is 75.3 Å². The number of nitrogens with one attached hydrogen (secondary N) is 8. The lowest BCUT2D eigenvalue weighted by atomic mass is 9.89. The summed E-state index contributed by atoms with van der Waals surface area (Å²) in [6, 6.07) is 8.94. The topological polar surface area (TPSA) is 453 Å². The highest BCUT2D eigenvalue weighted by molar-refractivity contribution is 9.09. The van der Waals surface area contributed by atoms with Crippen molar-refractivity contribution >= 4 is 92.4 Å². The third-order valence-electron chi connectivity index (χ3n) is 16.2. The Morgan fingerprint density at radius 1 is 0.590 bits per heavy atom. The SMILES string of the molecule is COC(=O)CNC(=O)CNCCOc1c2cc3cc1Oc1ccc(cc1Cl)[C@@H](O)[C@@H]1NC(=O)[C@H](NC(=O)[C@@H]3NC(=O)[C@H]3NC(=O)[C@@H](Cc4ccc(c(Cl)c4)O2)NC(=O)[C@@H](N)c2ccc(O)c(c2)Oc2cc(O)cc3c2)c2ccc(O)c(c2)-c2c(O)cc(O)cc2[C@@H](C(=O)OCCBr)NC1=O. The molecule has 0 aliphatic carbocycles. The predicted octanol–water partition coefficient (Wildman–Crippen LogP) is 4.39.